The monoisotopic (exact) mass is 249 g/mol. The second-order valence-electron chi connectivity index (χ2n) is 5.21. The van der Waals surface area contributed by atoms with E-state index in [1.165, 1.54) is 25.7 Å². The largest absolute Gasteiger partial charge is 0.388 e. The Kier molecular flexibility index (Phi) is 6.81. The SMILES string of the molecule is CCCCCCCC(O)c1cccc(N(C)C)c1. The molecule has 0 aromatic heterocycles. The zero-order valence-corrected chi connectivity index (χ0v) is 12.0. The van der Waals surface area contributed by atoms with Crippen molar-refractivity contribution in [3.63, 3.8) is 0 Å². The van der Waals surface area contributed by atoms with E-state index in [0.717, 1.165) is 24.1 Å². The summed E-state index contributed by atoms with van der Waals surface area (Å²) < 4.78 is 0. The molecule has 0 amide bonds. The highest BCUT2D eigenvalue weighted by atomic mass is 16.3. The zero-order chi connectivity index (χ0) is 13.4. The van der Waals surface area contributed by atoms with Gasteiger partial charge < -0.3 is 10.0 Å². The van der Waals surface area contributed by atoms with Crippen molar-refractivity contribution in [3.05, 3.63) is 29.8 Å². The van der Waals surface area contributed by atoms with E-state index in [1.54, 1.807) is 0 Å². The van der Waals surface area contributed by atoms with Gasteiger partial charge in [-0.3, -0.25) is 0 Å². The molecule has 0 spiro atoms. The third kappa shape index (κ3) is 5.09. The van der Waals surface area contributed by atoms with Gasteiger partial charge >= 0.3 is 0 Å². The van der Waals surface area contributed by atoms with E-state index in [9.17, 15) is 5.11 Å². The Labute approximate surface area is 112 Å². The number of benzene rings is 1. The van der Waals surface area contributed by atoms with Gasteiger partial charge in [-0.1, -0.05) is 51.2 Å². The lowest BCUT2D eigenvalue weighted by Gasteiger charge is -2.16. The molecule has 1 N–H and O–H groups in total. The van der Waals surface area contributed by atoms with Crippen LogP contribution in [0.5, 0.6) is 0 Å². The van der Waals surface area contributed by atoms with E-state index < -0.39 is 0 Å². The van der Waals surface area contributed by atoms with Crippen LogP contribution in [-0.4, -0.2) is 19.2 Å². The Bertz CT molecular complexity index is 336. The smallest absolute Gasteiger partial charge is 0.0790 e. The van der Waals surface area contributed by atoms with Crippen LogP contribution in [0.1, 0.15) is 57.1 Å². The number of rotatable bonds is 8. The molecule has 102 valence electrons. The number of nitrogens with zero attached hydrogens (tertiary/aromatic N) is 1. The quantitative estimate of drug-likeness (QED) is 0.700. The van der Waals surface area contributed by atoms with Gasteiger partial charge in [0.25, 0.3) is 0 Å². The molecule has 1 atom stereocenters. The van der Waals surface area contributed by atoms with Gasteiger partial charge in [0, 0.05) is 19.8 Å². The predicted octanol–water partition coefficient (Wildman–Crippen LogP) is 4.15. The van der Waals surface area contributed by atoms with Crippen LogP contribution in [0.15, 0.2) is 24.3 Å². The molecule has 2 nitrogen and oxygen atoms in total. The molecule has 0 bridgehead atoms. The van der Waals surface area contributed by atoms with Crippen molar-refractivity contribution < 1.29 is 5.11 Å². The highest BCUT2D eigenvalue weighted by Gasteiger charge is 2.08. The van der Waals surface area contributed by atoms with Gasteiger partial charge in [0.2, 0.25) is 0 Å². The molecular formula is C16H27NO. The number of anilines is 1. The topological polar surface area (TPSA) is 23.5 Å². The summed E-state index contributed by atoms with van der Waals surface area (Å²) in [5, 5.41) is 10.2. The molecule has 18 heavy (non-hydrogen) atoms. The number of hydrogen-bond acceptors (Lipinski definition) is 2. The van der Waals surface area contributed by atoms with Gasteiger partial charge in [-0.25, -0.2) is 0 Å². The van der Waals surface area contributed by atoms with Gasteiger partial charge in [-0.15, -0.1) is 0 Å². The first-order valence-electron chi connectivity index (χ1n) is 7.10. The number of aliphatic hydroxyl groups is 1. The molecule has 0 aliphatic heterocycles. The molecule has 1 aromatic rings. The molecule has 1 aromatic carbocycles. The lowest BCUT2D eigenvalue weighted by molar-refractivity contribution is 0.163. The average Bonchev–Trinajstić information content (AvgIpc) is 2.38. The molecule has 0 aliphatic carbocycles. The van der Waals surface area contributed by atoms with Gasteiger partial charge in [0.05, 0.1) is 6.10 Å². The molecule has 1 rings (SSSR count). The second-order valence-corrected chi connectivity index (χ2v) is 5.21. The van der Waals surface area contributed by atoms with Crippen molar-refractivity contribution in [2.24, 2.45) is 0 Å². The highest BCUT2D eigenvalue weighted by molar-refractivity contribution is 5.47. The summed E-state index contributed by atoms with van der Waals surface area (Å²) in [7, 11) is 4.05. The zero-order valence-electron chi connectivity index (χ0n) is 12.0. The Morgan fingerprint density at radius 2 is 1.83 bits per heavy atom. The minimum Gasteiger partial charge on any atom is -0.388 e. The van der Waals surface area contributed by atoms with Crippen LogP contribution in [-0.2, 0) is 0 Å². The fraction of sp³-hybridized carbons (Fsp3) is 0.625. The summed E-state index contributed by atoms with van der Waals surface area (Å²) >= 11 is 0. The summed E-state index contributed by atoms with van der Waals surface area (Å²) in [6.07, 6.45) is 6.79. The average molecular weight is 249 g/mol. The summed E-state index contributed by atoms with van der Waals surface area (Å²) in [6, 6.07) is 8.18. The Morgan fingerprint density at radius 3 is 2.50 bits per heavy atom. The maximum atomic E-state index is 10.2. The third-order valence-corrected chi connectivity index (χ3v) is 3.35. The normalized spacial score (nSPS) is 12.4. The van der Waals surface area contributed by atoms with E-state index in [0.29, 0.717) is 0 Å². The van der Waals surface area contributed by atoms with Crippen molar-refractivity contribution in [2.45, 2.75) is 51.6 Å². The van der Waals surface area contributed by atoms with Crippen LogP contribution >= 0.6 is 0 Å². The van der Waals surface area contributed by atoms with Crippen LogP contribution < -0.4 is 4.90 Å². The first-order valence-corrected chi connectivity index (χ1v) is 7.10. The highest BCUT2D eigenvalue weighted by Crippen LogP contribution is 2.23. The minimum absolute atomic E-state index is 0.313. The van der Waals surface area contributed by atoms with Crippen molar-refractivity contribution in [1.82, 2.24) is 0 Å². The van der Waals surface area contributed by atoms with Crippen LogP contribution in [0.4, 0.5) is 5.69 Å². The number of hydrogen-bond donors (Lipinski definition) is 1. The van der Waals surface area contributed by atoms with Crippen LogP contribution in [0, 0.1) is 0 Å². The molecule has 1 unspecified atom stereocenters. The Hall–Kier alpha value is -1.02. The second kappa shape index (κ2) is 8.15. The summed E-state index contributed by atoms with van der Waals surface area (Å²) in [6.45, 7) is 2.22. The van der Waals surface area contributed by atoms with Crippen molar-refractivity contribution in [2.75, 3.05) is 19.0 Å². The van der Waals surface area contributed by atoms with E-state index in [4.69, 9.17) is 0 Å². The molecule has 0 fully saturated rings. The van der Waals surface area contributed by atoms with Gasteiger partial charge in [-0.2, -0.15) is 0 Å². The van der Waals surface area contributed by atoms with Crippen molar-refractivity contribution >= 4 is 5.69 Å². The van der Waals surface area contributed by atoms with E-state index in [1.807, 2.05) is 26.2 Å². The van der Waals surface area contributed by atoms with Crippen LogP contribution in [0.25, 0.3) is 0 Å². The molecule has 0 saturated carbocycles. The molecule has 0 aliphatic rings. The van der Waals surface area contributed by atoms with Crippen LogP contribution in [0.2, 0.25) is 0 Å². The molecule has 2 heteroatoms. The van der Waals surface area contributed by atoms with Crippen molar-refractivity contribution in [3.8, 4) is 0 Å². The van der Waals surface area contributed by atoms with Crippen molar-refractivity contribution in [1.29, 1.82) is 0 Å². The van der Waals surface area contributed by atoms with Gasteiger partial charge in [0.1, 0.15) is 0 Å². The van der Waals surface area contributed by atoms with Crippen LogP contribution in [0.3, 0.4) is 0 Å². The summed E-state index contributed by atoms with van der Waals surface area (Å²) in [4.78, 5) is 2.07. The number of unbranched alkanes of at least 4 members (excludes halogenated alkanes) is 4. The first-order chi connectivity index (χ1) is 8.65. The first kappa shape index (κ1) is 15.0. The maximum absolute atomic E-state index is 10.2. The van der Waals surface area contributed by atoms with E-state index in [-0.39, 0.29) is 6.10 Å². The minimum atomic E-state index is -0.313. The lowest BCUT2D eigenvalue weighted by atomic mass is 10.0. The standard InChI is InChI=1S/C16H27NO/c1-4-5-6-7-8-12-16(18)14-10-9-11-15(13-14)17(2)3/h9-11,13,16,18H,4-8,12H2,1-3H3. The molecule has 0 radical (unpaired) electrons. The molecule has 0 saturated heterocycles. The van der Waals surface area contributed by atoms with E-state index in [2.05, 4.69) is 24.0 Å². The summed E-state index contributed by atoms with van der Waals surface area (Å²) in [5.74, 6) is 0. The fourth-order valence-corrected chi connectivity index (χ4v) is 2.12. The van der Waals surface area contributed by atoms with Gasteiger partial charge in [-0.05, 0) is 24.1 Å². The Morgan fingerprint density at radius 1 is 1.11 bits per heavy atom. The maximum Gasteiger partial charge on any atom is 0.0790 e. The summed E-state index contributed by atoms with van der Waals surface area (Å²) in [5.41, 5.74) is 2.19. The Balaban J connectivity index is 2.41. The van der Waals surface area contributed by atoms with Gasteiger partial charge in [0.15, 0.2) is 0 Å². The predicted molar refractivity (Wildman–Crippen MR) is 79.1 cm³/mol. The lowest BCUT2D eigenvalue weighted by Crippen LogP contribution is -2.09. The number of aliphatic hydroxyl groups excluding tert-OH is 1. The molecule has 0 heterocycles. The fourth-order valence-electron chi connectivity index (χ4n) is 2.12. The third-order valence-electron chi connectivity index (χ3n) is 3.35. The van der Waals surface area contributed by atoms with E-state index >= 15 is 0 Å². The molecular weight excluding hydrogens is 222 g/mol.